The van der Waals surface area contributed by atoms with Crippen LogP contribution in [-0.2, 0) is 21.4 Å². The molecule has 2 aromatic carbocycles. The maximum absolute atomic E-state index is 9.10. The van der Waals surface area contributed by atoms with Crippen molar-refractivity contribution in [1.82, 2.24) is 5.23 Å². The molecule has 0 fully saturated rings. The van der Waals surface area contributed by atoms with Crippen LogP contribution in [-0.4, -0.2) is 41.9 Å². The fraction of sp³-hybridized carbons (Fsp3) is 0.333. The lowest BCUT2D eigenvalue weighted by molar-refractivity contribution is -0.402. The molecule has 0 radical (unpaired) electrons. The van der Waals surface area contributed by atoms with Crippen LogP contribution in [0.3, 0.4) is 0 Å². The summed E-state index contributed by atoms with van der Waals surface area (Å²) in [7, 11) is 2.80. The number of aliphatic hydroxyl groups is 2. The molecule has 2 aromatic rings. The Balaban J connectivity index is 2.35. The first kappa shape index (κ1) is 19.0. The van der Waals surface area contributed by atoms with Crippen molar-refractivity contribution in [1.29, 1.82) is 0 Å². The van der Waals surface area contributed by atoms with Crippen LogP contribution in [0.2, 0.25) is 0 Å². The average molecular weight is 349 g/mol. The van der Waals surface area contributed by atoms with Crippen molar-refractivity contribution in [2.45, 2.75) is 11.7 Å². The van der Waals surface area contributed by atoms with Gasteiger partial charge in [-0.1, -0.05) is 65.9 Å². The van der Waals surface area contributed by atoms with E-state index in [2.05, 4.69) is 9.24 Å². The Morgan fingerprint density at radius 1 is 0.833 bits per heavy atom. The molecule has 0 aliphatic heterocycles. The summed E-state index contributed by atoms with van der Waals surface area (Å²) in [5.74, 6) is 0. The van der Waals surface area contributed by atoms with Crippen LogP contribution < -0.4 is 0 Å². The van der Waals surface area contributed by atoms with Gasteiger partial charge in [0.2, 0.25) is 0 Å². The van der Waals surface area contributed by atoms with Gasteiger partial charge in [0.1, 0.15) is 5.28 Å². The van der Waals surface area contributed by atoms with Crippen molar-refractivity contribution in [3.05, 3.63) is 71.8 Å². The number of nitrogens with zero attached hydrogens (tertiary/aromatic N) is 1. The monoisotopic (exact) mass is 349 g/mol. The van der Waals surface area contributed by atoms with Crippen LogP contribution in [0.5, 0.6) is 0 Å². The van der Waals surface area contributed by atoms with Gasteiger partial charge in [0.25, 0.3) is 0 Å². The van der Waals surface area contributed by atoms with Crippen LogP contribution in [0, 0.1) is 0 Å². The highest BCUT2D eigenvalue weighted by Gasteiger charge is 2.37. The minimum Gasteiger partial charge on any atom is -0.394 e. The minimum atomic E-state index is -0.701. The Bertz CT molecular complexity index is 576. The van der Waals surface area contributed by atoms with Gasteiger partial charge in [-0.2, -0.15) is 0 Å². The zero-order chi connectivity index (χ0) is 17.3. The van der Waals surface area contributed by atoms with Crippen molar-refractivity contribution in [3.63, 3.8) is 0 Å². The summed E-state index contributed by atoms with van der Waals surface area (Å²) < 4.78 is 0. The zero-order valence-corrected chi connectivity index (χ0v) is 14.7. The van der Waals surface area contributed by atoms with E-state index in [1.54, 1.807) is 0 Å². The van der Waals surface area contributed by atoms with E-state index in [0.717, 1.165) is 11.1 Å². The fourth-order valence-electron chi connectivity index (χ4n) is 2.42. The zero-order valence-electron chi connectivity index (χ0n) is 13.5. The molecule has 2 atom stereocenters. The molecule has 0 saturated heterocycles. The van der Waals surface area contributed by atoms with Crippen molar-refractivity contribution >= 4 is 9.24 Å². The van der Waals surface area contributed by atoms with E-state index in [4.69, 9.17) is 19.9 Å². The predicted octanol–water partition coefficient (Wildman–Crippen LogP) is 2.11. The highest BCUT2D eigenvalue weighted by Crippen LogP contribution is 2.39. The average Bonchev–Trinajstić information content (AvgIpc) is 2.63. The topological polar surface area (TPSA) is 62.2 Å². The van der Waals surface area contributed by atoms with Crippen molar-refractivity contribution in [3.8, 4) is 0 Å². The van der Waals surface area contributed by atoms with Gasteiger partial charge in [-0.3, -0.25) is 9.68 Å². The second-order valence-corrected chi connectivity index (χ2v) is 6.28. The van der Waals surface area contributed by atoms with Crippen molar-refractivity contribution in [2.24, 2.45) is 0 Å². The number of hydrogen-bond acceptors (Lipinski definition) is 5. The van der Waals surface area contributed by atoms with E-state index in [1.807, 2.05) is 60.7 Å². The lowest BCUT2D eigenvalue weighted by Crippen LogP contribution is -2.44. The molecule has 24 heavy (non-hydrogen) atoms. The van der Waals surface area contributed by atoms with Gasteiger partial charge in [0.15, 0.2) is 0 Å². The molecule has 0 bridgehead atoms. The predicted molar refractivity (Wildman–Crippen MR) is 95.9 cm³/mol. The number of aliphatic hydroxyl groups excluding tert-OH is 2. The second-order valence-electron chi connectivity index (χ2n) is 5.32. The summed E-state index contributed by atoms with van der Waals surface area (Å²) in [5, 5.41) is 18.9. The summed E-state index contributed by atoms with van der Waals surface area (Å²) in [6.07, 6.45) is 0.610. The Hall–Kier alpha value is -1.33. The maximum atomic E-state index is 9.10. The molecule has 2 N–H and O–H groups in total. The molecule has 0 spiro atoms. The normalized spacial score (nSPS) is 13.8. The Labute approximate surface area is 144 Å². The largest absolute Gasteiger partial charge is 0.394 e. The SMILES string of the molecule is OCCON(OCCO)C(P)(Cc1ccccc1)c1ccccc1. The number of benzene rings is 2. The molecule has 2 unspecified atom stereocenters. The lowest BCUT2D eigenvalue weighted by atomic mass is 9.98. The molecular weight excluding hydrogens is 325 g/mol. The highest BCUT2D eigenvalue weighted by molar-refractivity contribution is 7.18. The summed E-state index contributed by atoms with van der Waals surface area (Å²) in [5.41, 5.74) is 2.09. The Morgan fingerprint density at radius 2 is 1.33 bits per heavy atom. The Morgan fingerprint density at radius 3 is 1.83 bits per heavy atom. The number of hydrogen-bond donors (Lipinski definition) is 2. The van der Waals surface area contributed by atoms with E-state index >= 15 is 0 Å². The van der Waals surface area contributed by atoms with E-state index in [9.17, 15) is 0 Å². The summed E-state index contributed by atoms with van der Waals surface area (Å²) >= 11 is 0. The number of hydroxylamine groups is 2. The van der Waals surface area contributed by atoms with Gasteiger partial charge in [-0.05, 0) is 11.1 Å². The summed E-state index contributed by atoms with van der Waals surface area (Å²) in [6.45, 7) is -0.0495. The first-order valence-electron chi connectivity index (χ1n) is 7.87. The van der Waals surface area contributed by atoms with Gasteiger partial charge in [-0.15, -0.1) is 9.24 Å². The van der Waals surface area contributed by atoms with Crippen LogP contribution in [0.15, 0.2) is 60.7 Å². The van der Waals surface area contributed by atoms with Gasteiger partial charge in [0, 0.05) is 6.42 Å². The molecule has 0 heterocycles. The maximum Gasteiger partial charge on any atom is 0.116 e. The third-order valence-corrected chi connectivity index (χ3v) is 4.26. The molecule has 0 amide bonds. The third kappa shape index (κ3) is 5.08. The van der Waals surface area contributed by atoms with Crippen molar-refractivity contribution < 1.29 is 19.9 Å². The first-order chi connectivity index (χ1) is 11.7. The molecule has 2 rings (SSSR count). The van der Waals surface area contributed by atoms with Gasteiger partial charge in [-0.25, -0.2) is 0 Å². The van der Waals surface area contributed by atoms with E-state index in [1.165, 1.54) is 5.23 Å². The number of rotatable bonds is 10. The van der Waals surface area contributed by atoms with Crippen LogP contribution >= 0.6 is 9.24 Å². The van der Waals surface area contributed by atoms with Gasteiger partial charge < -0.3 is 10.2 Å². The molecular formula is C18H24NO4P. The highest BCUT2D eigenvalue weighted by atomic mass is 31.0. The van der Waals surface area contributed by atoms with Gasteiger partial charge >= 0.3 is 0 Å². The molecule has 0 saturated carbocycles. The first-order valence-corrected chi connectivity index (χ1v) is 8.44. The lowest BCUT2D eigenvalue weighted by Gasteiger charge is -2.39. The standard InChI is InChI=1S/C18H24NO4P/c20-11-13-22-19(23-14-12-21)18(24,17-9-5-2-6-10-17)15-16-7-3-1-4-8-16/h1-10,20-21H,11-15,24H2. The molecule has 0 aliphatic rings. The molecule has 0 aliphatic carbocycles. The molecule has 0 aromatic heterocycles. The quantitative estimate of drug-likeness (QED) is 0.508. The molecule has 130 valence electrons. The van der Waals surface area contributed by atoms with Gasteiger partial charge in [0.05, 0.1) is 26.4 Å². The Kier molecular flexibility index (Phi) is 7.79. The second kappa shape index (κ2) is 9.84. The van der Waals surface area contributed by atoms with Crippen LogP contribution in [0.1, 0.15) is 11.1 Å². The fourth-order valence-corrected chi connectivity index (χ4v) is 3.00. The van der Waals surface area contributed by atoms with Crippen molar-refractivity contribution in [2.75, 3.05) is 26.4 Å². The van der Waals surface area contributed by atoms with E-state index < -0.39 is 5.28 Å². The van der Waals surface area contributed by atoms with E-state index in [-0.39, 0.29) is 26.4 Å². The molecule has 6 heteroatoms. The smallest absolute Gasteiger partial charge is 0.116 e. The minimum absolute atomic E-state index is 0.100. The third-order valence-electron chi connectivity index (χ3n) is 3.52. The summed E-state index contributed by atoms with van der Waals surface area (Å²) in [4.78, 5) is 11.2. The summed E-state index contributed by atoms with van der Waals surface area (Å²) in [6, 6.07) is 19.9. The van der Waals surface area contributed by atoms with Crippen LogP contribution in [0.4, 0.5) is 0 Å². The van der Waals surface area contributed by atoms with Crippen LogP contribution in [0.25, 0.3) is 0 Å². The van der Waals surface area contributed by atoms with E-state index in [0.29, 0.717) is 6.42 Å². The molecule has 5 nitrogen and oxygen atoms in total.